The van der Waals surface area contributed by atoms with E-state index < -0.39 is 18.0 Å². The van der Waals surface area contributed by atoms with Crippen LogP contribution in [-0.4, -0.2) is 47.6 Å². The van der Waals surface area contributed by atoms with Gasteiger partial charge in [-0.1, -0.05) is 13.8 Å². The number of hydrogen-bond acceptors (Lipinski definition) is 4. The zero-order chi connectivity index (χ0) is 15.9. The van der Waals surface area contributed by atoms with Gasteiger partial charge in [0.1, 0.15) is 6.04 Å². The second-order valence-electron chi connectivity index (χ2n) is 5.31. The molecule has 0 heterocycles. The predicted octanol–water partition coefficient (Wildman–Crippen LogP) is 0.136. The Bertz CT molecular complexity index is 347. The third-order valence-corrected chi connectivity index (χ3v) is 3.17. The molecule has 0 aromatic rings. The minimum atomic E-state index is -0.669. The van der Waals surface area contributed by atoms with Gasteiger partial charge in [0, 0.05) is 7.05 Å². The maximum atomic E-state index is 12.2. The molecule has 0 saturated heterocycles. The minimum Gasteiger partial charge on any atom is -0.357 e. The normalized spacial score (nSPS) is 15.2. The highest BCUT2D eigenvalue weighted by atomic mass is 16.5. The van der Waals surface area contributed by atoms with Gasteiger partial charge in [-0.3, -0.25) is 19.6 Å². The average Bonchev–Trinajstić information content (AvgIpc) is 2.41. The van der Waals surface area contributed by atoms with Gasteiger partial charge in [-0.05, 0) is 26.2 Å². The van der Waals surface area contributed by atoms with Crippen LogP contribution in [0.1, 0.15) is 34.1 Å². The fraction of sp³-hybridized carbons (Fsp3) is 0.769. The molecule has 3 amide bonds. The van der Waals surface area contributed by atoms with Gasteiger partial charge in [-0.25, -0.2) is 5.06 Å². The van der Waals surface area contributed by atoms with E-state index in [9.17, 15) is 19.6 Å². The van der Waals surface area contributed by atoms with Gasteiger partial charge in [-0.15, -0.1) is 0 Å². The largest absolute Gasteiger partial charge is 0.357 e. The van der Waals surface area contributed by atoms with E-state index in [1.165, 1.54) is 7.05 Å². The molecule has 3 N–H and O–H groups in total. The van der Waals surface area contributed by atoms with Crippen molar-refractivity contribution in [3.63, 3.8) is 0 Å². The summed E-state index contributed by atoms with van der Waals surface area (Å²) in [5, 5.41) is 15.0. The monoisotopic (exact) mass is 287 g/mol. The number of hydroxylamine groups is 2. The first kappa shape index (κ1) is 18.4. The molecule has 0 bridgehead atoms. The number of rotatable bonds is 8. The van der Waals surface area contributed by atoms with E-state index in [4.69, 9.17) is 0 Å². The van der Waals surface area contributed by atoms with Gasteiger partial charge >= 0.3 is 0 Å². The first-order chi connectivity index (χ1) is 9.24. The van der Waals surface area contributed by atoms with Crippen LogP contribution in [0.3, 0.4) is 0 Å². The molecule has 0 aliphatic carbocycles. The van der Waals surface area contributed by atoms with Crippen LogP contribution in [0, 0.1) is 11.8 Å². The highest BCUT2D eigenvalue weighted by Gasteiger charge is 2.31. The maximum absolute atomic E-state index is 12.2. The van der Waals surface area contributed by atoms with Gasteiger partial charge in [0.15, 0.2) is 0 Å². The molecule has 7 heteroatoms. The van der Waals surface area contributed by atoms with Gasteiger partial charge in [-0.2, -0.15) is 0 Å². The van der Waals surface area contributed by atoms with Crippen LogP contribution in [0.5, 0.6) is 0 Å². The van der Waals surface area contributed by atoms with E-state index >= 15 is 0 Å². The van der Waals surface area contributed by atoms with Crippen molar-refractivity contribution in [1.29, 1.82) is 0 Å². The minimum absolute atomic E-state index is 0.212. The summed E-state index contributed by atoms with van der Waals surface area (Å²) in [5.74, 6) is -1.03. The van der Waals surface area contributed by atoms with Gasteiger partial charge in [0.25, 0.3) is 0 Å². The standard InChI is InChI=1S/C13H25N3O4/c1-8(2)6-11(10(4)16(20)7-17)13(19)15-9(3)12(18)14-5/h7-11,20H,6H2,1-5H3,(H,14,18)(H,15,19)/t9-,10?,11?/m0/s1. The van der Waals surface area contributed by atoms with Crippen molar-refractivity contribution >= 4 is 18.2 Å². The highest BCUT2D eigenvalue weighted by molar-refractivity contribution is 5.88. The smallest absolute Gasteiger partial charge is 0.242 e. The summed E-state index contributed by atoms with van der Waals surface area (Å²) < 4.78 is 0. The van der Waals surface area contributed by atoms with Crippen LogP contribution in [0.15, 0.2) is 0 Å². The molecule has 3 atom stereocenters. The van der Waals surface area contributed by atoms with Crippen LogP contribution >= 0.6 is 0 Å². The first-order valence-electron chi connectivity index (χ1n) is 6.69. The lowest BCUT2D eigenvalue weighted by Gasteiger charge is -2.29. The Kier molecular flexibility index (Phi) is 7.83. The van der Waals surface area contributed by atoms with Crippen LogP contribution in [0.25, 0.3) is 0 Å². The first-order valence-corrected chi connectivity index (χ1v) is 6.69. The summed E-state index contributed by atoms with van der Waals surface area (Å²) in [5.41, 5.74) is 0. The molecule has 7 nitrogen and oxygen atoms in total. The summed E-state index contributed by atoms with van der Waals surface area (Å²) in [6, 6.07) is -1.33. The van der Waals surface area contributed by atoms with Crippen molar-refractivity contribution in [3.8, 4) is 0 Å². The Balaban J connectivity index is 4.89. The topological polar surface area (TPSA) is 98.7 Å². The Morgan fingerprint density at radius 2 is 1.75 bits per heavy atom. The Morgan fingerprint density at radius 3 is 2.15 bits per heavy atom. The summed E-state index contributed by atoms with van der Waals surface area (Å²) in [6.45, 7) is 7.05. The van der Waals surface area contributed by atoms with Crippen molar-refractivity contribution in [2.45, 2.75) is 46.2 Å². The summed E-state index contributed by atoms with van der Waals surface area (Å²) in [4.78, 5) is 34.3. The number of hydrogen-bond donors (Lipinski definition) is 3. The number of amides is 3. The molecule has 0 aromatic carbocycles. The molecule has 0 fully saturated rings. The van der Waals surface area contributed by atoms with E-state index in [-0.39, 0.29) is 24.1 Å². The molecule has 0 aliphatic heterocycles. The van der Waals surface area contributed by atoms with E-state index in [0.29, 0.717) is 11.5 Å². The lowest BCUT2D eigenvalue weighted by Crippen LogP contribution is -2.50. The van der Waals surface area contributed by atoms with Crippen LogP contribution in [0.4, 0.5) is 0 Å². The molecule has 0 radical (unpaired) electrons. The van der Waals surface area contributed by atoms with E-state index in [1.807, 2.05) is 13.8 Å². The van der Waals surface area contributed by atoms with E-state index in [2.05, 4.69) is 10.6 Å². The van der Waals surface area contributed by atoms with Crippen LogP contribution in [0.2, 0.25) is 0 Å². The molecule has 2 unspecified atom stereocenters. The van der Waals surface area contributed by atoms with Crippen molar-refractivity contribution in [1.82, 2.24) is 15.7 Å². The second-order valence-corrected chi connectivity index (χ2v) is 5.31. The molecular formula is C13H25N3O4. The maximum Gasteiger partial charge on any atom is 0.242 e. The quantitative estimate of drug-likeness (QED) is 0.336. The Labute approximate surface area is 119 Å². The van der Waals surface area contributed by atoms with Gasteiger partial charge in [0.05, 0.1) is 12.0 Å². The fourth-order valence-corrected chi connectivity index (χ4v) is 1.91. The number of nitrogens with one attached hydrogen (secondary N) is 2. The summed E-state index contributed by atoms with van der Waals surface area (Å²) in [6.07, 6.45) is 0.770. The predicted molar refractivity (Wildman–Crippen MR) is 73.8 cm³/mol. The van der Waals surface area contributed by atoms with Gasteiger partial charge in [0.2, 0.25) is 18.2 Å². The molecule has 0 saturated carbocycles. The molecular weight excluding hydrogens is 262 g/mol. The average molecular weight is 287 g/mol. The lowest BCUT2D eigenvalue weighted by molar-refractivity contribution is -0.166. The Hall–Kier alpha value is -1.63. The summed E-state index contributed by atoms with van der Waals surface area (Å²) >= 11 is 0. The van der Waals surface area contributed by atoms with Crippen LogP contribution in [-0.2, 0) is 14.4 Å². The molecule has 0 aliphatic rings. The molecule has 0 rings (SSSR count). The number of likely N-dealkylation sites (N-methyl/N-ethyl adjacent to an activating group) is 1. The summed E-state index contributed by atoms with van der Waals surface area (Å²) in [7, 11) is 1.49. The molecule has 0 spiro atoms. The highest BCUT2D eigenvalue weighted by Crippen LogP contribution is 2.19. The van der Waals surface area contributed by atoms with E-state index in [0.717, 1.165) is 0 Å². The number of carbonyl (C=O) groups is 3. The van der Waals surface area contributed by atoms with E-state index in [1.54, 1.807) is 13.8 Å². The third-order valence-electron chi connectivity index (χ3n) is 3.17. The van der Waals surface area contributed by atoms with Gasteiger partial charge < -0.3 is 10.6 Å². The number of carbonyl (C=O) groups excluding carboxylic acids is 3. The SMILES string of the molecule is CNC(=O)[C@H](C)NC(=O)C(CC(C)C)C(C)N(O)C=O. The molecule has 116 valence electrons. The molecule has 0 aromatic heterocycles. The van der Waals surface area contributed by atoms with Crippen LogP contribution < -0.4 is 10.6 Å². The Morgan fingerprint density at radius 1 is 1.20 bits per heavy atom. The third kappa shape index (κ3) is 5.56. The second kappa shape index (κ2) is 8.52. The van der Waals surface area contributed by atoms with Crippen molar-refractivity contribution in [2.75, 3.05) is 7.05 Å². The van der Waals surface area contributed by atoms with Crippen molar-refractivity contribution in [2.24, 2.45) is 11.8 Å². The van der Waals surface area contributed by atoms with Crippen molar-refractivity contribution in [3.05, 3.63) is 0 Å². The number of nitrogens with zero attached hydrogens (tertiary/aromatic N) is 1. The molecule has 20 heavy (non-hydrogen) atoms. The lowest BCUT2D eigenvalue weighted by atomic mass is 9.90. The fourth-order valence-electron chi connectivity index (χ4n) is 1.91. The van der Waals surface area contributed by atoms with Crippen molar-refractivity contribution < 1.29 is 19.6 Å². The zero-order valence-corrected chi connectivity index (χ0v) is 12.7. The zero-order valence-electron chi connectivity index (χ0n) is 12.7.